The maximum atomic E-state index is 5.46. The first kappa shape index (κ1) is 11.5. The van der Waals surface area contributed by atoms with Gasteiger partial charge in [-0.15, -0.1) is 0 Å². The first-order valence-electron chi connectivity index (χ1n) is 4.71. The molecule has 1 aromatic rings. The van der Waals surface area contributed by atoms with Crippen molar-refractivity contribution in [2.24, 2.45) is 0 Å². The van der Waals surface area contributed by atoms with E-state index in [9.17, 15) is 0 Å². The molecule has 14 heavy (non-hydrogen) atoms. The zero-order valence-electron chi connectivity index (χ0n) is 8.21. The van der Waals surface area contributed by atoms with Gasteiger partial charge in [0.15, 0.2) is 0 Å². The van der Waals surface area contributed by atoms with E-state index in [-0.39, 0.29) is 0 Å². The van der Waals surface area contributed by atoms with Crippen molar-refractivity contribution >= 4 is 21.5 Å². The van der Waals surface area contributed by atoms with Crippen LogP contribution in [0.3, 0.4) is 0 Å². The van der Waals surface area contributed by atoms with Gasteiger partial charge in [0.1, 0.15) is 0 Å². The predicted molar refractivity (Wildman–Crippen MR) is 64.7 cm³/mol. The Morgan fingerprint density at radius 1 is 1.29 bits per heavy atom. The monoisotopic (exact) mass is 254 g/mol. The largest absolute Gasteiger partial charge is 0.377 e. The summed E-state index contributed by atoms with van der Waals surface area (Å²) < 4.78 is 5.46. The maximum absolute atomic E-state index is 5.46. The van der Waals surface area contributed by atoms with E-state index in [2.05, 4.69) is 34.6 Å². The van der Waals surface area contributed by atoms with Crippen LogP contribution < -0.4 is 0 Å². The molecule has 0 aromatic heterocycles. The molecular weight excluding hydrogens is 240 g/mol. The molecule has 1 nitrogen and oxygen atoms in total. The molecule has 0 heterocycles. The van der Waals surface area contributed by atoms with E-state index in [1.807, 2.05) is 18.2 Å². The fourth-order valence-electron chi connectivity index (χ4n) is 1.11. The second kappa shape index (κ2) is 6.80. The van der Waals surface area contributed by atoms with Gasteiger partial charge in [-0.2, -0.15) is 0 Å². The third kappa shape index (κ3) is 4.07. The van der Waals surface area contributed by atoms with Gasteiger partial charge in [-0.1, -0.05) is 52.8 Å². The van der Waals surface area contributed by atoms with E-state index in [4.69, 9.17) is 4.74 Å². The van der Waals surface area contributed by atoms with Crippen molar-refractivity contribution in [2.75, 3.05) is 18.5 Å². The molecule has 0 aliphatic rings. The van der Waals surface area contributed by atoms with Crippen LogP contribution >= 0.6 is 15.9 Å². The van der Waals surface area contributed by atoms with Gasteiger partial charge in [0.2, 0.25) is 0 Å². The second-order valence-electron chi connectivity index (χ2n) is 3.06. The third-order valence-electron chi connectivity index (χ3n) is 1.88. The van der Waals surface area contributed by atoms with Crippen LogP contribution in [-0.4, -0.2) is 18.5 Å². The Morgan fingerprint density at radius 2 is 2.00 bits per heavy atom. The number of rotatable bonds is 6. The van der Waals surface area contributed by atoms with Gasteiger partial charge >= 0.3 is 0 Å². The lowest BCUT2D eigenvalue weighted by atomic mass is 10.1. The Balaban J connectivity index is 2.29. The summed E-state index contributed by atoms with van der Waals surface area (Å²) in [5.74, 6) is 0. The molecule has 0 N–H and O–H groups in total. The molecule has 0 radical (unpaired) electrons. The van der Waals surface area contributed by atoms with Gasteiger partial charge in [-0.05, 0) is 17.6 Å². The average Bonchev–Trinajstić information content (AvgIpc) is 2.25. The van der Waals surface area contributed by atoms with Crippen molar-refractivity contribution in [3.63, 3.8) is 0 Å². The standard InChI is InChI=1S/C12H15BrO/c1-11(10-14-9-5-8-13)12-6-3-2-4-7-12/h2-4,6-7H,1,5,8-10H2. The molecule has 0 spiro atoms. The average molecular weight is 255 g/mol. The molecule has 0 amide bonds. The van der Waals surface area contributed by atoms with Crippen LogP contribution in [0, 0.1) is 0 Å². The Kier molecular flexibility index (Phi) is 5.57. The zero-order valence-corrected chi connectivity index (χ0v) is 9.79. The summed E-state index contributed by atoms with van der Waals surface area (Å²) in [5, 5.41) is 0.991. The van der Waals surface area contributed by atoms with Crippen molar-refractivity contribution in [2.45, 2.75) is 6.42 Å². The van der Waals surface area contributed by atoms with Gasteiger partial charge in [0.05, 0.1) is 6.61 Å². The number of halogens is 1. The van der Waals surface area contributed by atoms with Crippen molar-refractivity contribution in [1.82, 2.24) is 0 Å². The van der Waals surface area contributed by atoms with Crippen LogP contribution in [-0.2, 0) is 4.74 Å². The molecule has 0 fully saturated rings. The molecule has 0 unspecified atom stereocenters. The van der Waals surface area contributed by atoms with Crippen LogP contribution in [0.15, 0.2) is 36.9 Å². The maximum Gasteiger partial charge on any atom is 0.0716 e. The molecule has 2 heteroatoms. The molecule has 0 bridgehead atoms. The van der Waals surface area contributed by atoms with Crippen LogP contribution in [0.25, 0.3) is 5.57 Å². The molecule has 0 saturated heterocycles. The van der Waals surface area contributed by atoms with Gasteiger partial charge in [0, 0.05) is 11.9 Å². The highest BCUT2D eigenvalue weighted by molar-refractivity contribution is 9.09. The molecule has 0 aliphatic heterocycles. The lowest BCUT2D eigenvalue weighted by Gasteiger charge is -2.06. The Bertz CT molecular complexity index is 269. The number of alkyl halides is 1. The Hall–Kier alpha value is -0.600. The van der Waals surface area contributed by atoms with Gasteiger partial charge in [-0.25, -0.2) is 0 Å². The smallest absolute Gasteiger partial charge is 0.0716 e. The quantitative estimate of drug-likeness (QED) is 0.558. The van der Waals surface area contributed by atoms with Crippen molar-refractivity contribution in [3.8, 4) is 0 Å². The van der Waals surface area contributed by atoms with Gasteiger partial charge in [-0.3, -0.25) is 0 Å². The van der Waals surface area contributed by atoms with Crippen molar-refractivity contribution in [3.05, 3.63) is 42.5 Å². The SMILES string of the molecule is C=C(COCCCBr)c1ccccc1. The molecule has 0 aliphatic carbocycles. The minimum Gasteiger partial charge on any atom is -0.377 e. The highest BCUT2D eigenvalue weighted by Crippen LogP contribution is 2.11. The van der Waals surface area contributed by atoms with E-state index in [0.29, 0.717) is 6.61 Å². The zero-order chi connectivity index (χ0) is 10.2. The highest BCUT2D eigenvalue weighted by Gasteiger charge is 1.97. The van der Waals surface area contributed by atoms with Crippen LogP contribution in [0.5, 0.6) is 0 Å². The summed E-state index contributed by atoms with van der Waals surface area (Å²) in [4.78, 5) is 0. The lowest BCUT2D eigenvalue weighted by Crippen LogP contribution is -1.99. The Labute approximate surface area is 93.9 Å². The normalized spacial score (nSPS) is 10.1. The van der Waals surface area contributed by atoms with Crippen LogP contribution in [0.4, 0.5) is 0 Å². The summed E-state index contributed by atoms with van der Waals surface area (Å²) in [6.07, 6.45) is 1.04. The summed E-state index contributed by atoms with van der Waals surface area (Å²) in [7, 11) is 0. The number of benzene rings is 1. The van der Waals surface area contributed by atoms with Crippen LogP contribution in [0.1, 0.15) is 12.0 Å². The number of hydrogen-bond donors (Lipinski definition) is 0. The Morgan fingerprint density at radius 3 is 2.64 bits per heavy atom. The fraction of sp³-hybridized carbons (Fsp3) is 0.333. The van der Waals surface area contributed by atoms with Gasteiger partial charge < -0.3 is 4.74 Å². The predicted octanol–water partition coefficient (Wildman–Crippen LogP) is 3.50. The van der Waals surface area contributed by atoms with E-state index in [1.54, 1.807) is 0 Å². The molecule has 1 rings (SSSR count). The molecule has 0 saturated carbocycles. The summed E-state index contributed by atoms with van der Waals surface area (Å²) >= 11 is 3.36. The molecular formula is C12H15BrO. The van der Waals surface area contributed by atoms with E-state index < -0.39 is 0 Å². The number of ether oxygens (including phenoxy) is 1. The van der Waals surface area contributed by atoms with E-state index >= 15 is 0 Å². The second-order valence-corrected chi connectivity index (χ2v) is 3.86. The van der Waals surface area contributed by atoms with Crippen LogP contribution in [0.2, 0.25) is 0 Å². The van der Waals surface area contributed by atoms with Crippen molar-refractivity contribution < 1.29 is 4.74 Å². The minimum absolute atomic E-state index is 0.622. The summed E-state index contributed by atoms with van der Waals surface area (Å²) in [6, 6.07) is 10.1. The fourth-order valence-corrected chi connectivity index (χ4v) is 1.34. The first-order valence-corrected chi connectivity index (χ1v) is 5.83. The summed E-state index contributed by atoms with van der Waals surface area (Å²) in [5.41, 5.74) is 2.20. The van der Waals surface area contributed by atoms with Gasteiger partial charge in [0.25, 0.3) is 0 Å². The van der Waals surface area contributed by atoms with E-state index in [0.717, 1.165) is 29.5 Å². The van der Waals surface area contributed by atoms with Crippen molar-refractivity contribution in [1.29, 1.82) is 0 Å². The topological polar surface area (TPSA) is 9.23 Å². The summed E-state index contributed by atoms with van der Waals surface area (Å²) in [6.45, 7) is 5.40. The van der Waals surface area contributed by atoms with E-state index in [1.165, 1.54) is 0 Å². The molecule has 0 atom stereocenters. The minimum atomic E-state index is 0.622. The highest BCUT2D eigenvalue weighted by atomic mass is 79.9. The molecule has 76 valence electrons. The lowest BCUT2D eigenvalue weighted by molar-refractivity contribution is 0.169. The first-order chi connectivity index (χ1) is 6.84. The number of hydrogen-bond acceptors (Lipinski definition) is 1. The third-order valence-corrected chi connectivity index (χ3v) is 2.44. The molecule has 1 aromatic carbocycles.